The number of carbonyl (C=O) groups is 3. The van der Waals surface area contributed by atoms with E-state index in [4.69, 9.17) is 14.2 Å². The highest BCUT2D eigenvalue weighted by atomic mass is 16.7. The first-order chi connectivity index (χ1) is 13.5. The van der Waals surface area contributed by atoms with Crippen LogP contribution in [0.3, 0.4) is 0 Å². The van der Waals surface area contributed by atoms with Crippen molar-refractivity contribution in [1.29, 1.82) is 0 Å². The number of hydrogen-bond acceptors (Lipinski definition) is 6. The summed E-state index contributed by atoms with van der Waals surface area (Å²) in [5.41, 5.74) is 1.37. The predicted molar refractivity (Wildman–Crippen MR) is 100 cm³/mol. The fraction of sp³-hybridized carbons (Fsp3) is 0.250. The van der Waals surface area contributed by atoms with E-state index in [0.717, 1.165) is 5.56 Å². The van der Waals surface area contributed by atoms with E-state index in [1.165, 1.54) is 18.9 Å². The lowest BCUT2D eigenvalue weighted by Crippen LogP contribution is -2.40. The van der Waals surface area contributed by atoms with Gasteiger partial charge in [0.1, 0.15) is 6.54 Å². The lowest BCUT2D eigenvalue weighted by Gasteiger charge is -2.22. The number of methoxy groups -OCH3 is 1. The first-order valence-electron chi connectivity index (χ1n) is 8.60. The molecule has 3 rings (SSSR count). The van der Waals surface area contributed by atoms with Gasteiger partial charge in [0.15, 0.2) is 11.5 Å². The first kappa shape index (κ1) is 19.2. The fourth-order valence-corrected chi connectivity index (χ4v) is 2.81. The van der Waals surface area contributed by atoms with Crippen LogP contribution in [0.15, 0.2) is 42.5 Å². The van der Waals surface area contributed by atoms with Crippen LogP contribution in [-0.4, -0.2) is 38.2 Å². The smallest absolute Gasteiger partial charge is 0.339 e. The summed E-state index contributed by atoms with van der Waals surface area (Å²) >= 11 is 0. The van der Waals surface area contributed by atoms with Crippen molar-refractivity contribution in [2.24, 2.45) is 0 Å². The first-order valence-corrected chi connectivity index (χ1v) is 8.60. The second-order valence-electron chi connectivity index (χ2n) is 6.08. The molecule has 0 saturated carbocycles. The highest BCUT2D eigenvalue weighted by Gasteiger charge is 2.22. The Labute approximate surface area is 162 Å². The highest BCUT2D eigenvalue weighted by molar-refractivity contribution is 6.04. The van der Waals surface area contributed by atoms with Gasteiger partial charge in [-0.15, -0.1) is 0 Å². The molecule has 28 heavy (non-hydrogen) atoms. The van der Waals surface area contributed by atoms with Crippen LogP contribution in [0, 0.1) is 0 Å². The molecule has 0 fully saturated rings. The SMILES string of the molecule is COC(=O)c1ccccc1N(CC(=O)NCc1ccc2c(c1)OCO2)C(C)=O. The van der Waals surface area contributed by atoms with Gasteiger partial charge in [-0.05, 0) is 29.8 Å². The van der Waals surface area contributed by atoms with Gasteiger partial charge in [-0.3, -0.25) is 9.59 Å². The number of carbonyl (C=O) groups excluding carboxylic acids is 3. The number of anilines is 1. The van der Waals surface area contributed by atoms with E-state index in [1.54, 1.807) is 36.4 Å². The van der Waals surface area contributed by atoms with Gasteiger partial charge in [-0.2, -0.15) is 0 Å². The molecule has 8 heteroatoms. The summed E-state index contributed by atoms with van der Waals surface area (Å²) in [6, 6.07) is 11.9. The molecule has 0 spiro atoms. The molecule has 0 saturated heterocycles. The Morgan fingerprint density at radius 1 is 1.11 bits per heavy atom. The van der Waals surface area contributed by atoms with Crippen molar-refractivity contribution in [3.05, 3.63) is 53.6 Å². The van der Waals surface area contributed by atoms with Gasteiger partial charge in [-0.25, -0.2) is 4.79 Å². The standard InChI is InChI=1S/C20H20N2O6/c1-13(23)22(16-6-4-3-5-15(16)20(25)26-2)11-19(24)21-10-14-7-8-17-18(9-14)28-12-27-17/h3-9H,10-12H2,1-2H3,(H,21,24). The molecule has 2 amide bonds. The maximum absolute atomic E-state index is 12.4. The number of hydrogen-bond donors (Lipinski definition) is 1. The van der Waals surface area contributed by atoms with E-state index < -0.39 is 5.97 Å². The molecule has 0 atom stereocenters. The second-order valence-corrected chi connectivity index (χ2v) is 6.08. The average molecular weight is 384 g/mol. The number of esters is 1. The molecule has 2 aromatic carbocycles. The second kappa shape index (κ2) is 8.43. The van der Waals surface area contributed by atoms with Gasteiger partial charge in [0, 0.05) is 13.5 Å². The van der Waals surface area contributed by atoms with E-state index in [9.17, 15) is 14.4 Å². The van der Waals surface area contributed by atoms with E-state index >= 15 is 0 Å². The Morgan fingerprint density at radius 3 is 2.61 bits per heavy atom. The van der Waals surface area contributed by atoms with Gasteiger partial charge >= 0.3 is 5.97 Å². The minimum absolute atomic E-state index is 0.179. The molecule has 0 unspecified atom stereocenters. The van der Waals surface area contributed by atoms with E-state index in [1.807, 2.05) is 6.07 Å². The predicted octanol–water partition coefficient (Wildman–Crippen LogP) is 1.87. The van der Waals surface area contributed by atoms with Crippen LogP contribution in [0.1, 0.15) is 22.8 Å². The number of fused-ring (bicyclic) bond motifs is 1. The van der Waals surface area contributed by atoms with E-state index in [-0.39, 0.29) is 37.3 Å². The Kier molecular flexibility index (Phi) is 5.78. The molecule has 2 aromatic rings. The van der Waals surface area contributed by atoms with Crippen LogP contribution in [0.2, 0.25) is 0 Å². The molecule has 146 valence electrons. The van der Waals surface area contributed by atoms with Crippen molar-refractivity contribution in [2.75, 3.05) is 25.3 Å². The molecular formula is C20H20N2O6. The van der Waals surface area contributed by atoms with Gasteiger partial charge in [0.2, 0.25) is 18.6 Å². The van der Waals surface area contributed by atoms with Crippen molar-refractivity contribution in [1.82, 2.24) is 5.32 Å². The highest BCUT2D eigenvalue weighted by Crippen LogP contribution is 2.32. The van der Waals surface area contributed by atoms with E-state index in [0.29, 0.717) is 17.2 Å². The Morgan fingerprint density at radius 2 is 1.86 bits per heavy atom. The zero-order valence-electron chi connectivity index (χ0n) is 15.6. The van der Waals surface area contributed by atoms with Crippen LogP contribution in [0.5, 0.6) is 11.5 Å². The van der Waals surface area contributed by atoms with Gasteiger partial charge in [-0.1, -0.05) is 18.2 Å². The number of amides is 2. The minimum Gasteiger partial charge on any atom is -0.465 e. The average Bonchev–Trinajstić information content (AvgIpc) is 3.17. The number of para-hydroxylation sites is 1. The Balaban J connectivity index is 1.69. The lowest BCUT2D eigenvalue weighted by molar-refractivity contribution is -0.123. The van der Waals surface area contributed by atoms with Crippen LogP contribution < -0.4 is 19.7 Å². The summed E-state index contributed by atoms with van der Waals surface area (Å²) in [5, 5.41) is 2.76. The number of benzene rings is 2. The molecule has 1 N–H and O–H groups in total. The van der Waals surface area contributed by atoms with Crippen molar-refractivity contribution in [3.8, 4) is 11.5 Å². The molecule has 8 nitrogen and oxygen atoms in total. The normalized spacial score (nSPS) is 11.6. The van der Waals surface area contributed by atoms with Gasteiger partial charge in [0.25, 0.3) is 0 Å². The molecule has 0 bridgehead atoms. The summed E-state index contributed by atoms with van der Waals surface area (Å²) in [7, 11) is 1.26. The van der Waals surface area contributed by atoms with Crippen molar-refractivity contribution in [2.45, 2.75) is 13.5 Å². The molecule has 1 aliphatic rings. The third-order valence-electron chi connectivity index (χ3n) is 4.21. The topological polar surface area (TPSA) is 94.2 Å². The van der Waals surface area contributed by atoms with E-state index in [2.05, 4.69) is 5.32 Å². The van der Waals surface area contributed by atoms with Crippen molar-refractivity contribution in [3.63, 3.8) is 0 Å². The zero-order valence-corrected chi connectivity index (χ0v) is 15.6. The van der Waals surface area contributed by atoms with Crippen LogP contribution in [0.4, 0.5) is 5.69 Å². The summed E-state index contributed by atoms with van der Waals surface area (Å²) in [4.78, 5) is 37.7. The van der Waals surface area contributed by atoms with Gasteiger partial charge < -0.3 is 24.4 Å². The van der Waals surface area contributed by atoms with Crippen molar-refractivity contribution < 1.29 is 28.6 Å². The van der Waals surface area contributed by atoms with Crippen LogP contribution in [0.25, 0.3) is 0 Å². The van der Waals surface area contributed by atoms with Crippen molar-refractivity contribution >= 4 is 23.5 Å². The number of ether oxygens (including phenoxy) is 3. The molecular weight excluding hydrogens is 364 g/mol. The molecule has 1 heterocycles. The summed E-state index contributed by atoms with van der Waals surface area (Å²) in [5.74, 6) is -0.0221. The summed E-state index contributed by atoms with van der Waals surface area (Å²) in [6.45, 7) is 1.55. The van der Waals surface area contributed by atoms with Crippen LogP contribution in [-0.2, 0) is 20.9 Å². The lowest BCUT2D eigenvalue weighted by atomic mass is 10.1. The molecule has 0 aromatic heterocycles. The third kappa shape index (κ3) is 4.22. The third-order valence-corrected chi connectivity index (χ3v) is 4.21. The maximum atomic E-state index is 12.4. The molecule has 0 radical (unpaired) electrons. The Bertz CT molecular complexity index is 911. The summed E-state index contributed by atoms with van der Waals surface area (Å²) in [6.07, 6.45) is 0. The molecule has 0 aliphatic carbocycles. The zero-order chi connectivity index (χ0) is 20.1. The number of rotatable bonds is 6. The molecule has 1 aliphatic heterocycles. The van der Waals surface area contributed by atoms with Crippen LogP contribution >= 0.6 is 0 Å². The number of nitrogens with zero attached hydrogens (tertiary/aromatic N) is 1. The maximum Gasteiger partial charge on any atom is 0.339 e. The van der Waals surface area contributed by atoms with Gasteiger partial charge in [0.05, 0.1) is 18.4 Å². The summed E-state index contributed by atoms with van der Waals surface area (Å²) < 4.78 is 15.3. The largest absolute Gasteiger partial charge is 0.465 e. The Hall–Kier alpha value is -3.55. The fourth-order valence-electron chi connectivity index (χ4n) is 2.81. The minimum atomic E-state index is -0.581. The quantitative estimate of drug-likeness (QED) is 0.764. The monoisotopic (exact) mass is 384 g/mol. The number of nitrogens with one attached hydrogen (secondary N) is 1.